The Morgan fingerprint density at radius 1 is 0.763 bits per heavy atom. The van der Waals surface area contributed by atoms with E-state index >= 15 is 0 Å². The number of thiocarbonyl (C=S) groups is 1. The number of hydrogen-bond acceptors (Lipinski definition) is 15. The molecule has 16 nitrogen and oxygen atoms in total. The van der Waals surface area contributed by atoms with Gasteiger partial charge in [0, 0.05) is 46.0 Å². The Labute approximate surface area is 345 Å². The number of rotatable bonds is 10. The van der Waals surface area contributed by atoms with Crippen molar-refractivity contribution in [3.8, 4) is 44.5 Å². The van der Waals surface area contributed by atoms with Gasteiger partial charge in [-0.3, -0.25) is 10.1 Å². The third-order valence-corrected chi connectivity index (χ3v) is 10.7. The van der Waals surface area contributed by atoms with Gasteiger partial charge in [-0.1, -0.05) is 20.6 Å². The Hall–Kier alpha value is -6.45. The second kappa shape index (κ2) is 16.8. The maximum Gasteiger partial charge on any atom is 0.293 e. The summed E-state index contributed by atoms with van der Waals surface area (Å²) in [5.74, 6) is 5.13. The average Bonchev–Trinajstić information content (AvgIpc) is 4.04. The summed E-state index contributed by atoms with van der Waals surface area (Å²) < 4.78 is 21.2. The average molecular weight is 819 g/mol. The predicted octanol–water partition coefficient (Wildman–Crippen LogP) is 10.1. The van der Waals surface area contributed by atoms with Gasteiger partial charge in [-0.05, 0) is 134 Å². The first-order valence-corrected chi connectivity index (χ1v) is 19.8. The molecule has 17 heteroatoms. The summed E-state index contributed by atoms with van der Waals surface area (Å²) in [7, 11) is 0. The lowest BCUT2D eigenvalue weighted by Gasteiger charge is -2.10. The van der Waals surface area contributed by atoms with Crippen molar-refractivity contribution < 1.29 is 23.0 Å². The van der Waals surface area contributed by atoms with Gasteiger partial charge in [0.25, 0.3) is 5.69 Å². The third kappa shape index (κ3) is 8.71. The zero-order valence-electron chi connectivity index (χ0n) is 34.3. The lowest BCUT2D eigenvalue weighted by molar-refractivity contribution is -0.383. The Morgan fingerprint density at radius 2 is 1.24 bits per heavy atom. The highest BCUT2D eigenvalue weighted by Crippen LogP contribution is 2.42. The molecule has 306 valence electrons. The molecular weight excluding hydrogens is 773 g/mol. The number of nitrogens with zero attached hydrogens (tertiary/aromatic N) is 7. The summed E-state index contributed by atoms with van der Waals surface area (Å²) in [4.78, 5) is 23.0. The van der Waals surface area contributed by atoms with Crippen molar-refractivity contribution in [2.75, 3.05) is 24.1 Å². The molecule has 9 rings (SSSR count). The summed E-state index contributed by atoms with van der Waals surface area (Å²) in [5.41, 5.74) is 17.3. The molecule has 2 aromatic carbocycles. The van der Waals surface area contributed by atoms with Crippen molar-refractivity contribution in [2.24, 2.45) is 16.8 Å². The number of nitro groups is 1. The smallest absolute Gasteiger partial charge is 0.293 e. The zero-order valence-corrected chi connectivity index (χ0v) is 35.1. The molecule has 0 atom stereocenters. The van der Waals surface area contributed by atoms with Gasteiger partial charge in [0.2, 0.25) is 5.95 Å². The SMILES string of the molecule is Cc1noc(C)c1-c1cc(-c2c(C)noc2C)c(N)c([N+](=O)[O-])c1.Cc1noc(C)c1-c1cc(-c2c(C)noc2C)c2nc(NCC3CC3)[nH]c2c1.S=C=NCC1CC1. The van der Waals surface area contributed by atoms with Crippen LogP contribution in [0.25, 0.3) is 55.5 Å². The fraction of sp³-hybridized carbons (Fsp3) is 0.381. The maximum absolute atomic E-state index is 11.5. The lowest BCUT2D eigenvalue weighted by Crippen LogP contribution is -2.04. The van der Waals surface area contributed by atoms with E-state index in [1.54, 1.807) is 33.8 Å². The Balaban J connectivity index is 0.000000155. The van der Waals surface area contributed by atoms with Gasteiger partial charge < -0.3 is 34.1 Å². The molecular formula is C42H46N10O6S. The van der Waals surface area contributed by atoms with Gasteiger partial charge >= 0.3 is 0 Å². The van der Waals surface area contributed by atoms with Gasteiger partial charge in [-0.2, -0.15) is 0 Å². The largest absolute Gasteiger partial charge is 0.393 e. The molecule has 0 spiro atoms. The second-order valence-electron chi connectivity index (χ2n) is 15.2. The molecule has 5 heterocycles. The van der Waals surface area contributed by atoms with Gasteiger partial charge in [0.15, 0.2) is 0 Å². The van der Waals surface area contributed by atoms with Crippen molar-refractivity contribution in [3.63, 3.8) is 0 Å². The van der Waals surface area contributed by atoms with Crippen LogP contribution in [0.3, 0.4) is 0 Å². The number of nitrogens with two attached hydrogens (primary N) is 1. The van der Waals surface area contributed by atoms with Crippen LogP contribution in [0, 0.1) is 77.3 Å². The van der Waals surface area contributed by atoms with E-state index in [0.29, 0.717) is 45.2 Å². The molecule has 2 fully saturated rings. The first kappa shape index (κ1) is 40.7. The van der Waals surface area contributed by atoms with Crippen LogP contribution in [0.15, 0.2) is 47.4 Å². The highest BCUT2D eigenvalue weighted by atomic mass is 32.1. The summed E-state index contributed by atoms with van der Waals surface area (Å²) in [5, 5.41) is 33.3. The van der Waals surface area contributed by atoms with Crippen LogP contribution in [0.5, 0.6) is 0 Å². The van der Waals surface area contributed by atoms with Gasteiger partial charge in [0.1, 0.15) is 28.7 Å². The standard InChI is InChI=1S/C21H23N5O2.C16H16N4O4.C5H7NS/c1-10-18(12(3)27-25-10)15-7-16(19-11(2)26-28-13(19)4)20-17(8-15)23-21(24-20)22-9-14-5-6-14;1-7-14(9(3)23-18-7)11-5-12(15-8(2)19-24-10(15)4)16(17)13(6-11)20(21)22;7-4-6-3-5-1-2-5/h7-8,14H,5-6,9H2,1-4H3,(H2,22,23,24);5-6H,17H2,1-4H3;5H,1-3H2. The normalized spacial score (nSPS) is 13.4. The van der Waals surface area contributed by atoms with Crippen LogP contribution in [0.2, 0.25) is 0 Å². The number of nitrogens with one attached hydrogen (secondary N) is 2. The number of aliphatic imine (C=N–C) groups is 1. The van der Waals surface area contributed by atoms with Crippen LogP contribution in [-0.4, -0.2) is 53.8 Å². The molecule has 0 unspecified atom stereocenters. The minimum absolute atomic E-state index is 0.0740. The molecule has 0 amide bonds. The van der Waals surface area contributed by atoms with Crippen molar-refractivity contribution in [1.82, 2.24) is 30.6 Å². The van der Waals surface area contributed by atoms with Gasteiger partial charge in [-0.25, -0.2) is 9.98 Å². The van der Waals surface area contributed by atoms with E-state index in [2.05, 4.69) is 65.4 Å². The number of nitrogen functional groups attached to an aromatic ring is 1. The van der Waals surface area contributed by atoms with Crippen molar-refractivity contribution in [2.45, 2.75) is 81.1 Å². The van der Waals surface area contributed by atoms with Crippen LogP contribution in [0.4, 0.5) is 17.3 Å². The minimum atomic E-state index is -0.501. The van der Waals surface area contributed by atoms with Crippen LogP contribution >= 0.6 is 12.2 Å². The summed E-state index contributed by atoms with van der Waals surface area (Å²) in [6, 6.07) is 7.46. The number of isothiocyanates is 1. The predicted molar refractivity (Wildman–Crippen MR) is 227 cm³/mol. The zero-order chi connectivity index (χ0) is 42.1. The van der Waals surface area contributed by atoms with E-state index in [9.17, 15) is 10.1 Å². The fourth-order valence-corrected chi connectivity index (χ4v) is 7.31. The third-order valence-electron chi connectivity index (χ3n) is 10.6. The number of aromatic amines is 1. The number of H-pyrrole nitrogens is 1. The molecule has 2 aliphatic carbocycles. The number of anilines is 2. The monoisotopic (exact) mass is 818 g/mol. The van der Waals surface area contributed by atoms with E-state index in [4.69, 9.17) is 28.8 Å². The quantitative estimate of drug-likeness (QED) is 0.0384. The van der Waals surface area contributed by atoms with Gasteiger partial charge in [-0.15, -0.1) is 0 Å². The molecule has 4 N–H and O–H groups in total. The van der Waals surface area contributed by atoms with Crippen molar-refractivity contribution in [1.29, 1.82) is 0 Å². The summed E-state index contributed by atoms with van der Waals surface area (Å²) >= 11 is 4.38. The number of hydrogen-bond donors (Lipinski definition) is 3. The lowest BCUT2D eigenvalue weighted by atomic mass is 9.95. The summed E-state index contributed by atoms with van der Waals surface area (Å²) in [6.45, 7) is 16.7. The number of nitro benzene ring substituents is 1. The van der Waals surface area contributed by atoms with Gasteiger partial charge in [0.05, 0.1) is 50.4 Å². The molecule has 5 aromatic heterocycles. The Morgan fingerprint density at radius 3 is 1.69 bits per heavy atom. The first-order chi connectivity index (χ1) is 28.2. The number of fused-ring (bicyclic) bond motifs is 1. The molecule has 2 saturated carbocycles. The van der Waals surface area contributed by atoms with E-state index < -0.39 is 4.92 Å². The topological polar surface area (TPSA) is 226 Å². The van der Waals surface area contributed by atoms with Crippen LogP contribution < -0.4 is 11.1 Å². The van der Waals surface area contributed by atoms with E-state index in [-0.39, 0.29) is 11.4 Å². The van der Waals surface area contributed by atoms with Crippen LogP contribution in [-0.2, 0) is 0 Å². The molecule has 7 aromatic rings. The maximum atomic E-state index is 11.5. The van der Waals surface area contributed by atoms with E-state index in [1.807, 2.05) is 27.7 Å². The number of aryl methyl sites for hydroxylation is 8. The van der Waals surface area contributed by atoms with Crippen molar-refractivity contribution in [3.05, 3.63) is 80.2 Å². The molecule has 0 saturated heterocycles. The highest BCUT2D eigenvalue weighted by Gasteiger charge is 2.26. The number of imidazole rings is 1. The number of benzene rings is 2. The molecule has 2 aliphatic rings. The van der Waals surface area contributed by atoms with Crippen LogP contribution in [0.1, 0.15) is 71.5 Å². The molecule has 0 aliphatic heterocycles. The second-order valence-corrected chi connectivity index (χ2v) is 15.4. The number of aromatic nitrogens is 6. The fourth-order valence-electron chi connectivity index (χ4n) is 7.23. The Kier molecular flexibility index (Phi) is 11.6. The molecule has 0 radical (unpaired) electrons. The highest BCUT2D eigenvalue weighted by molar-refractivity contribution is 7.78. The minimum Gasteiger partial charge on any atom is -0.393 e. The van der Waals surface area contributed by atoms with E-state index in [0.717, 1.165) is 87.1 Å². The van der Waals surface area contributed by atoms with E-state index in [1.165, 1.54) is 31.7 Å². The molecule has 0 bridgehead atoms. The Bertz CT molecular complexity index is 2650. The first-order valence-electron chi connectivity index (χ1n) is 19.4. The summed E-state index contributed by atoms with van der Waals surface area (Å²) in [6.07, 6.45) is 5.29. The van der Waals surface area contributed by atoms with Crippen molar-refractivity contribution >= 4 is 45.7 Å². The molecule has 59 heavy (non-hydrogen) atoms.